The Morgan fingerprint density at radius 1 is 0.840 bits per heavy atom. The fourth-order valence-corrected chi connectivity index (χ4v) is 6.21. The van der Waals surface area contributed by atoms with Crippen LogP contribution in [0.25, 0.3) is 0 Å². The number of methoxy groups -OCH3 is 2. The third-order valence-electron chi connectivity index (χ3n) is 8.65. The molecule has 0 bridgehead atoms. The van der Waals surface area contributed by atoms with Crippen LogP contribution in [-0.2, 0) is 14.2 Å². The van der Waals surface area contributed by atoms with E-state index in [1.165, 1.54) is 44.6 Å². The molecule has 14 heteroatoms. The van der Waals surface area contributed by atoms with E-state index in [9.17, 15) is 24.3 Å². The smallest absolute Gasteiger partial charge is 0.410 e. The number of rotatable bonds is 13. The third kappa shape index (κ3) is 8.32. The summed E-state index contributed by atoms with van der Waals surface area (Å²) in [4.78, 5) is 57.3. The van der Waals surface area contributed by atoms with Gasteiger partial charge in [0.05, 0.1) is 22.9 Å². The number of amides is 2. The van der Waals surface area contributed by atoms with Crippen molar-refractivity contribution in [2.75, 3.05) is 52.3 Å². The maximum absolute atomic E-state index is 16.6. The maximum Gasteiger partial charge on any atom is 0.410 e. The van der Waals surface area contributed by atoms with Gasteiger partial charge in [0.15, 0.2) is 25.2 Å². The molecule has 3 aromatic carbocycles. The average molecular weight is 694 g/mol. The normalized spacial score (nSPS) is 19.0. The molecule has 3 atom stereocenters. The molecule has 2 aliphatic heterocycles. The minimum Gasteiger partial charge on any atom is -0.468 e. The number of ether oxygens (including phenoxy) is 5. The zero-order valence-corrected chi connectivity index (χ0v) is 27.8. The number of esters is 1. The molecule has 2 fully saturated rings. The van der Waals surface area contributed by atoms with Crippen molar-refractivity contribution in [2.24, 2.45) is 5.92 Å². The Bertz CT molecular complexity index is 1650. The SMILES string of the molecule is COCOc1ccc(C(=O)NC2C(C(=O)c3c(OCOC)ccc(N4CCCC4)c3F)CCCN(C(=O)O)C2OC(=O)c2ccccc2)cc1. The second kappa shape index (κ2) is 16.9. The zero-order chi connectivity index (χ0) is 35.6. The molecule has 0 aliphatic carbocycles. The van der Waals surface area contributed by atoms with E-state index in [0.29, 0.717) is 18.8 Å². The van der Waals surface area contributed by atoms with Crippen LogP contribution in [0.2, 0.25) is 0 Å². The fourth-order valence-electron chi connectivity index (χ4n) is 6.21. The Labute approximate surface area is 288 Å². The summed E-state index contributed by atoms with van der Waals surface area (Å²) < 4.78 is 43.4. The summed E-state index contributed by atoms with van der Waals surface area (Å²) in [5.41, 5.74) is 0.125. The van der Waals surface area contributed by atoms with Crippen molar-refractivity contribution in [3.05, 3.63) is 89.2 Å². The van der Waals surface area contributed by atoms with Gasteiger partial charge in [-0.1, -0.05) is 18.2 Å². The maximum atomic E-state index is 16.6. The van der Waals surface area contributed by atoms with Crippen LogP contribution in [0.3, 0.4) is 0 Å². The number of halogens is 1. The minimum absolute atomic E-state index is 0.0114. The van der Waals surface area contributed by atoms with Gasteiger partial charge in [0.2, 0.25) is 6.23 Å². The topological polar surface area (TPSA) is 153 Å². The van der Waals surface area contributed by atoms with Crippen LogP contribution < -0.4 is 19.7 Å². The fraction of sp³-hybridized carbons (Fsp3) is 0.389. The van der Waals surface area contributed by atoms with E-state index < -0.39 is 47.8 Å². The number of nitrogens with zero attached hydrogens (tertiary/aromatic N) is 2. The van der Waals surface area contributed by atoms with Gasteiger partial charge in [-0.2, -0.15) is 0 Å². The van der Waals surface area contributed by atoms with Gasteiger partial charge in [0.1, 0.15) is 11.5 Å². The van der Waals surface area contributed by atoms with E-state index in [1.807, 2.05) is 4.90 Å². The summed E-state index contributed by atoms with van der Waals surface area (Å²) in [6, 6.07) is 15.5. The molecule has 50 heavy (non-hydrogen) atoms. The molecule has 3 unspecified atom stereocenters. The molecular weight excluding hydrogens is 653 g/mol. The number of carbonyl (C=O) groups excluding carboxylic acids is 3. The lowest BCUT2D eigenvalue weighted by Gasteiger charge is -2.35. The molecule has 2 aliphatic rings. The minimum atomic E-state index is -1.67. The van der Waals surface area contributed by atoms with Crippen LogP contribution in [0.15, 0.2) is 66.7 Å². The van der Waals surface area contributed by atoms with E-state index >= 15 is 4.39 Å². The second-order valence-corrected chi connectivity index (χ2v) is 11.8. The van der Waals surface area contributed by atoms with Gasteiger partial charge in [-0.05, 0) is 74.2 Å². The number of benzene rings is 3. The Hall–Kier alpha value is -5.21. The van der Waals surface area contributed by atoms with Crippen LogP contribution in [-0.4, -0.2) is 93.5 Å². The number of ketones is 1. The molecule has 0 aromatic heterocycles. The summed E-state index contributed by atoms with van der Waals surface area (Å²) in [5, 5.41) is 13.1. The Kier molecular flexibility index (Phi) is 12.2. The van der Waals surface area contributed by atoms with Crippen LogP contribution in [0, 0.1) is 11.7 Å². The number of anilines is 1. The molecule has 0 spiro atoms. The van der Waals surface area contributed by atoms with Crippen LogP contribution in [0.4, 0.5) is 14.9 Å². The number of hydrogen-bond acceptors (Lipinski definition) is 10. The van der Waals surface area contributed by atoms with Gasteiger partial charge in [0.25, 0.3) is 5.91 Å². The Morgan fingerprint density at radius 2 is 1.52 bits per heavy atom. The van der Waals surface area contributed by atoms with Gasteiger partial charge in [0, 0.05) is 45.3 Å². The largest absolute Gasteiger partial charge is 0.468 e. The molecule has 5 rings (SSSR count). The van der Waals surface area contributed by atoms with Gasteiger partial charge in [-0.15, -0.1) is 0 Å². The number of likely N-dealkylation sites (tertiary alicyclic amines) is 1. The molecule has 2 saturated heterocycles. The standard InChI is InChI=1S/C36H40FN3O10/c1-46-21-48-25-14-12-23(13-15-25)33(42)38-31-26(11-8-20-40(36(44)45)34(31)50-35(43)24-9-4-3-5-10-24)32(41)29-28(49-22-47-2)17-16-27(30(29)37)39-18-6-7-19-39/h3-5,9-10,12-17,26,31,34H,6-8,11,18-22H2,1-2H3,(H,38,42)(H,44,45). The van der Waals surface area contributed by atoms with Gasteiger partial charge >= 0.3 is 12.1 Å². The number of carboxylic acid groups (broad SMARTS) is 1. The van der Waals surface area contributed by atoms with Crippen LogP contribution in [0.5, 0.6) is 11.5 Å². The first-order valence-corrected chi connectivity index (χ1v) is 16.2. The highest BCUT2D eigenvalue weighted by molar-refractivity contribution is 6.03. The van der Waals surface area contributed by atoms with Crippen molar-refractivity contribution in [3.63, 3.8) is 0 Å². The van der Waals surface area contributed by atoms with Crippen molar-refractivity contribution >= 4 is 29.4 Å². The lowest BCUT2D eigenvalue weighted by atomic mass is 9.85. The zero-order valence-electron chi connectivity index (χ0n) is 27.8. The number of Topliss-reactive ketones (excluding diaryl/α,β-unsaturated/α-hetero) is 1. The van der Waals surface area contributed by atoms with Gasteiger partial charge in [-0.3, -0.25) is 14.5 Å². The van der Waals surface area contributed by atoms with Gasteiger partial charge < -0.3 is 39.0 Å². The highest BCUT2D eigenvalue weighted by Gasteiger charge is 2.46. The van der Waals surface area contributed by atoms with Crippen molar-refractivity contribution in [1.29, 1.82) is 0 Å². The molecular formula is C36H40FN3O10. The van der Waals surface area contributed by atoms with E-state index in [-0.39, 0.29) is 61.1 Å². The van der Waals surface area contributed by atoms with Crippen molar-refractivity contribution < 1.29 is 52.4 Å². The number of nitrogens with one attached hydrogen (secondary N) is 1. The van der Waals surface area contributed by atoms with E-state index in [0.717, 1.165) is 17.7 Å². The van der Waals surface area contributed by atoms with Gasteiger partial charge in [-0.25, -0.2) is 14.0 Å². The predicted molar refractivity (Wildman–Crippen MR) is 178 cm³/mol. The van der Waals surface area contributed by atoms with Crippen molar-refractivity contribution in [2.45, 2.75) is 38.0 Å². The first kappa shape index (κ1) is 36.1. The van der Waals surface area contributed by atoms with E-state index in [1.54, 1.807) is 36.4 Å². The molecule has 266 valence electrons. The summed E-state index contributed by atoms with van der Waals surface area (Å²) in [5.74, 6) is -4.03. The first-order valence-electron chi connectivity index (χ1n) is 16.2. The molecule has 0 radical (unpaired) electrons. The lowest BCUT2D eigenvalue weighted by molar-refractivity contribution is -0.0416. The first-order chi connectivity index (χ1) is 24.2. The Morgan fingerprint density at radius 3 is 2.18 bits per heavy atom. The molecule has 3 aromatic rings. The summed E-state index contributed by atoms with van der Waals surface area (Å²) in [6.07, 6.45) is -1.22. The monoisotopic (exact) mass is 693 g/mol. The molecule has 2 heterocycles. The van der Waals surface area contributed by atoms with E-state index in [4.69, 9.17) is 23.7 Å². The van der Waals surface area contributed by atoms with Crippen molar-refractivity contribution in [3.8, 4) is 11.5 Å². The highest BCUT2D eigenvalue weighted by atomic mass is 19.1. The average Bonchev–Trinajstić information content (AvgIpc) is 3.60. The summed E-state index contributed by atoms with van der Waals surface area (Å²) in [6.45, 7) is 0.786. The molecule has 2 amide bonds. The molecule has 0 saturated carbocycles. The predicted octanol–water partition coefficient (Wildman–Crippen LogP) is 4.95. The van der Waals surface area contributed by atoms with E-state index in [2.05, 4.69) is 5.32 Å². The summed E-state index contributed by atoms with van der Waals surface area (Å²) >= 11 is 0. The van der Waals surface area contributed by atoms with Crippen LogP contribution >= 0.6 is 0 Å². The number of hydrogen-bond donors (Lipinski definition) is 2. The summed E-state index contributed by atoms with van der Waals surface area (Å²) in [7, 11) is 2.85. The third-order valence-corrected chi connectivity index (χ3v) is 8.65. The van der Waals surface area contributed by atoms with Crippen LogP contribution in [0.1, 0.15) is 56.8 Å². The molecule has 13 nitrogen and oxygen atoms in total. The lowest BCUT2D eigenvalue weighted by Crippen LogP contribution is -2.58. The highest BCUT2D eigenvalue weighted by Crippen LogP contribution is 2.37. The Balaban J connectivity index is 1.58. The number of carbonyl (C=O) groups is 4. The van der Waals surface area contributed by atoms with Crippen molar-refractivity contribution in [1.82, 2.24) is 10.2 Å². The quantitative estimate of drug-likeness (QED) is 0.142. The molecule has 2 N–H and O–H groups in total. The second-order valence-electron chi connectivity index (χ2n) is 11.8.